The van der Waals surface area contributed by atoms with Crippen LogP contribution in [0.1, 0.15) is 72.1 Å². The van der Waals surface area contributed by atoms with E-state index >= 15 is 0 Å². The van der Waals surface area contributed by atoms with Gasteiger partial charge in [0.2, 0.25) is 5.91 Å². The van der Waals surface area contributed by atoms with E-state index in [4.69, 9.17) is 14.2 Å². The molecule has 2 heterocycles. The zero-order valence-electron chi connectivity index (χ0n) is 32.2. The maximum atomic E-state index is 13.8. The molecule has 0 atom stereocenters. The largest absolute Gasteiger partial charge is 0.495 e. The normalized spacial score (nSPS) is 13.4. The quantitative estimate of drug-likeness (QED) is 0.145. The summed E-state index contributed by atoms with van der Waals surface area (Å²) in [7, 11) is 5.21. The number of unbranched alkanes of at least 4 members (excludes halogenated alkanes) is 1. The minimum absolute atomic E-state index is 0.0815. The van der Waals surface area contributed by atoms with Crippen molar-refractivity contribution in [3.63, 3.8) is 0 Å². The van der Waals surface area contributed by atoms with Crippen molar-refractivity contribution < 1.29 is 33.4 Å². The summed E-state index contributed by atoms with van der Waals surface area (Å²) >= 11 is 0. The van der Waals surface area contributed by atoms with Gasteiger partial charge in [-0.25, -0.2) is 9.78 Å². The van der Waals surface area contributed by atoms with Gasteiger partial charge in [0.25, 0.3) is 11.8 Å². The predicted octanol–water partition coefficient (Wildman–Crippen LogP) is 5.76. The Bertz CT molecular complexity index is 1980. The summed E-state index contributed by atoms with van der Waals surface area (Å²) in [5.74, 6) is 0.774. The van der Waals surface area contributed by atoms with Crippen LogP contribution in [0.25, 0.3) is 11.0 Å². The Morgan fingerprint density at radius 1 is 0.963 bits per heavy atom. The molecule has 14 nitrogen and oxygen atoms in total. The maximum Gasteiger partial charge on any atom is 0.408 e. The van der Waals surface area contributed by atoms with Crippen molar-refractivity contribution in [2.75, 3.05) is 64.2 Å². The number of methoxy groups -OCH3 is 1. The molecule has 5 rings (SSSR count). The second-order valence-corrected chi connectivity index (χ2v) is 14.4. The molecule has 0 saturated carbocycles. The molecule has 4 amide bonds. The first-order valence-electron chi connectivity index (χ1n) is 18.1. The van der Waals surface area contributed by atoms with E-state index in [1.807, 2.05) is 30.0 Å². The number of hydrogen-bond acceptors (Lipinski definition) is 9. The number of carbonyl (C=O) groups is 4. The number of nitrogens with one attached hydrogen (secondary N) is 3. The van der Waals surface area contributed by atoms with Crippen molar-refractivity contribution in [3.8, 4) is 11.5 Å². The monoisotopic (exact) mass is 741 g/mol. The lowest BCUT2D eigenvalue weighted by Crippen LogP contribution is -2.47. The molecule has 1 aliphatic heterocycles. The van der Waals surface area contributed by atoms with Crippen LogP contribution in [0.3, 0.4) is 0 Å². The fraction of sp³-hybridized carbons (Fsp3) is 0.425. The molecule has 1 aliphatic rings. The van der Waals surface area contributed by atoms with Crippen LogP contribution in [0.15, 0.2) is 54.6 Å². The summed E-state index contributed by atoms with van der Waals surface area (Å²) in [6.07, 6.45) is 1.33. The van der Waals surface area contributed by atoms with E-state index in [0.29, 0.717) is 70.3 Å². The van der Waals surface area contributed by atoms with Gasteiger partial charge >= 0.3 is 6.09 Å². The van der Waals surface area contributed by atoms with Crippen LogP contribution in [0, 0.1) is 6.92 Å². The standard InChI is InChI=1S/C40H51N7O7/c1-26-14-17-31(33(23-26)53-22-9-8-13-35(48)47-20-18-45(5)19-21-47)46(6)38(50)27-15-16-29(32(24-27)52-7)43-37(49)28-11-10-12-30-36(28)44-34(42-30)25-41-39(51)54-40(2,3)4/h10-12,14-17,23-24H,8-9,13,18-22,25H2,1-7H3,(H,41,51)(H,42,44)(H,43,49). The third-order valence-corrected chi connectivity index (χ3v) is 8.98. The fourth-order valence-corrected chi connectivity index (χ4v) is 6.03. The highest BCUT2D eigenvalue weighted by Crippen LogP contribution is 2.32. The summed E-state index contributed by atoms with van der Waals surface area (Å²) in [5, 5.41) is 5.54. The number of likely N-dealkylation sites (N-methyl/N-ethyl adjacent to an activating group) is 1. The Labute approximate surface area is 316 Å². The van der Waals surface area contributed by atoms with Crippen molar-refractivity contribution in [1.82, 2.24) is 25.1 Å². The van der Waals surface area contributed by atoms with Crippen molar-refractivity contribution in [3.05, 3.63) is 77.1 Å². The minimum atomic E-state index is -0.638. The Morgan fingerprint density at radius 3 is 2.44 bits per heavy atom. The number of piperazine rings is 1. The molecule has 14 heteroatoms. The highest BCUT2D eigenvalue weighted by atomic mass is 16.6. The number of para-hydroxylation sites is 1. The number of fused-ring (bicyclic) bond motifs is 1. The maximum absolute atomic E-state index is 13.8. The number of ether oxygens (including phenoxy) is 3. The number of H-pyrrole nitrogens is 1. The van der Waals surface area contributed by atoms with Gasteiger partial charge < -0.3 is 44.5 Å². The Morgan fingerprint density at radius 2 is 1.72 bits per heavy atom. The van der Waals surface area contributed by atoms with Crippen LogP contribution in [-0.2, 0) is 16.1 Å². The van der Waals surface area contributed by atoms with Crippen LogP contribution >= 0.6 is 0 Å². The van der Waals surface area contributed by atoms with Crippen LogP contribution in [0.4, 0.5) is 16.2 Å². The number of alkyl carbamates (subject to hydrolysis) is 1. The molecule has 3 N–H and O–H groups in total. The van der Waals surface area contributed by atoms with Crippen molar-refractivity contribution in [1.29, 1.82) is 0 Å². The lowest BCUT2D eigenvalue weighted by atomic mass is 10.1. The van der Waals surface area contributed by atoms with E-state index in [9.17, 15) is 19.2 Å². The second kappa shape index (κ2) is 17.5. The molecule has 0 radical (unpaired) electrons. The Kier molecular flexibility index (Phi) is 12.8. The summed E-state index contributed by atoms with van der Waals surface area (Å²) in [6, 6.07) is 15.7. The first-order valence-corrected chi connectivity index (χ1v) is 18.1. The smallest absolute Gasteiger partial charge is 0.408 e. The molecule has 1 fully saturated rings. The molecule has 0 bridgehead atoms. The number of rotatable bonds is 13. The van der Waals surface area contributed by atoms with Crippen LogP contribution in [-0.4, -0.2) is 103 Å². The van der Waals surface area contributed by atoms with E-state index in [2.05, 4.69) is 32.5 Å². The van der Waals surface area contributed by atoms with Gasteiger partial charge in [-0.1, -0.05) is 12.1 Å². The first-order chi connectivity index (χ1) is 25.7. The number of hydrogen-bond donors (Lipinski definition) is 3. The number of nitrogens with zero attached hydrogens (tertiary/aromatic N) is 4. The highest BCUT2D eigenvalue weighted by Gasteiger charge is 2.22. The molecule has 54 heavy (non-hydrogen) atoms. The number of benzene rings is 3. The third kappa shape index (κ3) is 10.3. The van der Waals surface area contributed by atoms with E-state index in [-0.39, 0.29) is 18.4 Å². The molecular weight excluding hydrogens is 690 g/mol. The molecular formula is C40H51N7O7. The van der Waals surface area contributed by atoms with Gasteiger partial charge in [-0.2, -0.15) is 0 Å². The van der Waals surface area contributed by atoms with E-state index in [1.165, 1.54) is 12.0 Å². The molecule has 1 aromatic heterocycles. The van der Waals surface area contributed by atoms with E-state index < -0.39 is 17.6 Å². The lowest BCUT2D eigenvalue weighted by Gasteiger charge is -2.32. The van der Waals surface area contributed by atoms with E-state index in [1.54, 1.807) is 64.2 Å². The highest BCUT2D eigenvalue weighted by molar-refractivity contribution is 6.12. The number of amides is 4. The topological polar surface area (TPSA) is 158 Å². The number of anilines is 2. The predicted molar refractivity (Wildman–Crippen MR) is 207 cm³/mol. The number of aromatic nitrogens is 2. The number of imidazole rings is 1. The Balaban J connectivity index is 1.21. The number of aromatic amines is 1. The van der Waals surface area contributed by atoms with Crippen molar-refractivity contribution in [2.45, 2.75) is 59.1 Å². The second-order valence-electron chi connectivity index (χ2n) is 14.4. The van der Waals surface area contributed by atoms with Crippen LogP contribution < -0.4 is 25.0 Å². The molecule has 3 aromatic carbocycles. The molecule has 4 aromatic rings. The van der Waals surface area contributed by atoms with Gasteiger partial charge in [-0.05, 0) is 95.6 Å². The van der Waals surface area contributed by atoms with Gasteiger partial charge in [0.1, 0.15) is 28.4 Å². The average Bonchev–Trinajstić information content (AvgIpc) is 3.56. The molecule has 1 saturated heterocycles. The van der Waals surface area contributed by atoms with Gasteiger partial charge in [-0.3, -0.25) is 14.4 Å². The van der Waals surface area contributed by atoms with E-state index in [0.717, 1.165) is 38.2 Å². The average molecular weight is 742 g/mol. The fourth-order valence-electron chi connectivity index (χ4n) is 6.03. The molecule has 0 spiro atoms. The summed E-state index contributed by atoms with van der Waals surface area (Å²) in [5.41, 5.74) is 3.02. The SMILES string of the molecule is COc1cc(C(=O)N(C)c2ccc(C)cc2OCCCCC(=O)N2CCN(C)CC2)ccc1NC(=O)c1cccc2[nH]c(CNC(=O)OC(C)(C)C)nc12. The summed E-state index contributed by atoms with van der Waals surface area (Å²) in [4.78, 5) is 65.4. The molecule has 288 valence electrons. The number of carbonyl (C=O) groups excluding carboxylic acids is 4. The first kappa shape index (κ1) is 39.6. The van der Waals surface area contributed by atoms with Gasteiger partial charge in [0.15, 0.2) is 0 Å². The van der Waals surface area contributed by atoms with Crippen LogP contribution in [0.5, 0.6) is 11.5 Å². The Hall–Kier alpha value is -5.63. The summed E-state index contributed by atoms with van der Waals surface area (Å²) in [6.45, 7) is 11.1. The van der Waals surface area contributed by atoms with Crippen molar-refractivity contribution >= 4 is 46.2 Å². The third-order valence-electron chi connectivity index (χ3n) is 8.98. The zero-order chi connectivity index (χ0) is 39.0. The van der Waals surface area contributed by atoms with Crippen molar-refractivity contribution in [2.24, 2.45) is 0 Å². The zero-order valence-corrected chi connectivity index (χ0v) is 32.2. The van der Waals surface area contributed by atoms with Gasteiger partial charge in [0, 0.05) is 45.2 Å². The summed E-state index contributed by atoms with van der Waals surface area (Å²) < 4.78 is 17.1. The van der Waals surface area contributed by atoms with Crippen LogP contribution in [0.2, 0.25) is 0 Å². The minimum Gasteiger partial charge on any atom is -0.495 e. The lowest BCUT2D eigenvalue weighted by molar-refractivity contribution is -0.132. The van der Waals surface area contributed by atoms with Gasteiger partial charge in [-0.15, -0.1) is 0 Å². The molecule has 0 aliphatic carbocycles. The molecule has 0 unspecified atom stereocenters. The van der Waals surface area contributed by atoms with Gasteiger partial charge in [0.05, 0.1) is 42.7 Å². The number of aryl methyl sites for hydroxylation is 1.